The number of aromatic nitrogens is 2. The zero-order valence-corrected chi connectivity index (χ0v) is 8.98. The van der Waals surface area contributed by atoms with Gasteiger partial charge in [0.1, 0.15) is 5.65 Å². The van der Waals surface area contributed by atoms with E-state index >= 15 is 0 Å². The number of hydrogen-bond donors (Lipinski definition) is 3. The third-order valence-electron chi connectivity index (χ3n) is 3.28. The number of aliphatic hydroxyl groups excluding tert-OH is 1. The third kappa shape index (κ3) is 1.50. The highest BCUT2D eigenvalue weighted by atomic mass is 16.3. The molecule has 2 aromatic heterocycles. The van der Waals surface area contributed by atoms with Gasteiger partial charge in [-0.3, -0.25) is 0 Å². The Labute approximate surface area is 93.7 Å². The number of pyridine rings is 1. The van der Waals surface area contributed by atoms with Gasteiger partial charge in [0.05, 0.1) is 6.10 Å². The molecular weight excluding hydrogens is 202 g/mol. The maximum Gasteiger partial charge on any atom is 0.137 e. The Balaban J connectivity index is 1.98. The minimum atomic E-state index is -0.444. The van der Waals surface area contributed by atoms with E-state index < -0.39 is 6.10 Å². The summed E-state index contributed by atoms with van der Waals surface area (Å²) in [7, 11) is 0. The maximum atomic E-state index is 10.3. The van der Waals surface area contributed by atoms with Gasteiger partial charge < -0.3 is 15.4 Å². The first-order valence-electron chi connectivity index (χ1n) is 5.70. The van der Waals surface area contributed by atoms with Gasteiger partial charge in [-0.15, -0.1) is 0 Å². The van der Waals surface area contributed by atoms with Crippen molar-refractivity contribution < 1.29 is 5.11 Å². The quantitative estimate of drug-likeness (QED) is 0.711. The van der Waals surface area contributed by atoms with Crippen LogP contribution in [0.25, 0.3) is 11.0 Å². The second kappa shape index (κ2) is 3.88. The molecule has 0 aliphatic carbocycles. The Morgan fingerprint density at radius 2 is 2.44 bits per heavy atom. The van der Waals surface area contributed by atoms with Crippen LogP contribution in [0.5, 0.6) is 0 Å². The minimum absolute atomic E-state index is 0.180. The van der Waals surface area contributed by atoms with Gasteiger partial charge in [0.25, 0.3) is 0 Å². The van der Waals surface area contributed by atoms with Crippen molar-refractivity contribution in [3.8, 4) is 0 Å². The molecule has 3 rings (SSSR count). The second-order valence-corrected chi connectivity index (χ2v) is 4.29. The number of fused-ring (bicyclic) bond motifs is 1. The van der Waals surface area contributed by atoms with E-state index in [1.54, 1.807) is 6.20 Å². The van der Waals surface area contributed by atoms with Crippen molar-refractivity contribution in [2.24, 2.45) is 0 Å². The maximum absolute atomic E-state index is 10.3. The van der Waals surface area contributed by atoms with Gasteiger partial charge in [0, 0.05) is 29.4 Å². The highest BCUT2D eigenvalue weighted by molar-refractivity contribution is 5.79. The lowest BCUT2D eigenvalue weighted by atomic mass is 10.0. The molecule has 0 radical (unpaired) electrons. The predicted molar refractivity (Wildman–Crippen MR) is 62.1 cm³/mol. The van der Waals surface area contributed by atoms with Crippen molar-refractivity contribution in [3.63, 3.8) is 0 Å². The van der Waals surface area contributed by atoms with Crippen molar-refractivity contribution in [1.29, 1.82) is 0 Å². The van der Waals surface area contributed by atoms with Gasteiger partial charge in [-0.05, 0) is 31.5 Å². The van der Waals surface area contributed by atoms with E-state index in [2.05, 4.69) is 15.3 Å². The highest BCUT2D eigenvalue weighted by Gasteiger charge is 2.25. The molecule has 1 aliphatic rings. The van der Waals surface area contributed by atoms with E-state index in [1.807, 2.05) is 18.3 Å². The smallest absolute Gasteiger partial charge is 0.137 e. The van der Waals surface area contributed by atoms with Crippen molar-refractivity contribution in [2.75, 3.05) is 6.54 Å². The number of H-pyrrole nitrogens is 1. The van der Waals surface area contributed by atoms with Crippen LogP contribution >= 0.6 is 0 Å². The predicted octanol–water partition coefficient (Wildman–Crippen LogP) is 1.35. The molecular formula is C12H15N3O. The second-order valence-electron chi connectivity index (χ2n) is 4.29. The summed E-state index contributed by atoms with van der Waals surface area (Å²) in [6, 6.07) is 4.07. The molecule has 1 saturated heterocycles. The third-order valence-corrected chi connectivity index (χ3v) is 3.28. The molecule has 2 atom stereocenters. The number of nitrogens with one attached hydrogen (secondary N) is 2. The lowest BCUT2D eigenvalue weighted by molar-refractivity contribution is 0.139. The van der Waals surface area contributed by atoms with Crippen LogP contribution in [0, 0.1) is 0 Å². The van der Waals surface area contributed by atoms with Gasteiger partial charge in [-0.25, -0.2) is 4.98 Å². The van der Waals surface area contributed by atoms with E-state index in [9.17, 15) is 5.11 Å². The fraction of sp³-hybridized carbons (Fsp3) is 0.417. The van der Waals surface area contributed by atoms with Crippen LogP contribution in [0.4, 0.5) is 0 Å². The van der Waals surface area contributed by atoms with Crippen molar-refractivity contribution in [1.82, 2.24) is 15.3 Å². The fourth-order valence-corrected chi connectivity index (χ4v) is 2.42. The van der Waals surface area contributed by atoms with Crippen LogP contribution in [0.15, 0.2) is 24.5 Å². The van der Waals surface area contributed by atoms with Crippen molar-refractivity contribution in [2.45, 2.75) is 25.0 Å². The standard InChI is InChI=1S/C12H15N3O/c16-11(10-4-2-5-13-10)9-7-15-12-8(9)3-1-6-14-12/h1,3,6-7,10-11,13,16H,2,4-5H2,(H,14,15). The molecule has 4 heteroatoms. The molecule has 1 fully saturated rings. The molecule has 0 saturated carbocycles. The Kier molecular flexibility index (Phi) is 2.38. The summed E-state index contributed by atoms with van der Waals surface area (Å²) < 4.78 is 0. The molecule has 1 aliphatic heterocycles. The topological polar surface area (TPSA) is 60.9 Å². The van der Waals surface area contributed by atoms with Gasteiger partial charge in [-0.2, -0.15) is 0 Å². The average molecular weight is 217 g/mol. The number of aliphatic hydroxyl groups is 1. The van der Waals surface area contributed by atoms with E-state index in [4.69, 9.17) is 0 Å². The Morgan fingerprint density at radius 3 is 3.25 bits per heavy atom. The highest BCUT2D eigenvalue weighted by Crippen LogP contribution is 2.28. The molecule has 3 heterocycles. The van der Waals surface area contributed by atoms with Gasteiger partial charge in [0.15, 0.2) is 0 Å². The molecule has 84 valence electrons. The minimum Gasteiger partial charge on any atom is -0.387 e. The first-order valence-corrected chi connectivity index (χ1v) is 5.70. The van der Waals surface area contributed by atoms with E-state index in [0.29, 0.717) is 0 Å². The van der Waals surface area contributed by atoms with Crippen LogP contribution in [0.1, 0.15) is 24.5 Å². The summed E-state index contributed by atoms with van der Waals surface area (Å²) in [5.41, 5.74) is 1.79. The summed E-state index contributed by atoms with van der Waals surface area (Å²) in [6.45, 7) is 1.00. The van der Waals surface area contributed by atoms with Crippen LogP contribution in [-0.4, -0.2) is 27.7 Å². The van der Waals surface area contributed by atoms with Gasteiger partial charge in [0.2, 0.25) is 0 Å². The number of rotatable bonds is 2. The summed E-state index contributed by atoms with van der Waals surface area (Å²) in [5.74, 6) is 0. The molecule has 0 amide bonds. The molecule has 3 N–H and O–H groups in total. The summed E-state index contributed by atoms with van der Waals surface area (Å²) in [5, 5.41) is 14.6. The summed E-state index contributed by atoms with van der Waals surface area (Å²) >= 11 is 0. The average Bonchev–Trinajstić information content (AvgIpc) is 2.98. The molecule has 2 aromatic rings. The van der Waals surface area contributed by atoms with Crippen LogP contribution in [0.3, 0.4) is 0 Å². The van der Waals surface area contributed by atoms with Crippen LogP contribution in [-0.2, 0) is 0 Å². The lowest BCUT2D eigenvalue weighted by Crippen LogP contribution is -2.28. The lowest BCUT2D eigenvalue weighted by Gasteiger charge is -2.17. The molecule has 0 bridgehead atoms. The molecule has 2 unspecified atom stereocenters. The SMILES string of the molecule is OC(c1c[nH]c2ncccc12)C1CCCN1. The molecule has 4 nitrogen and oxygen atoms in total. The van der Waals surface area contributed by atoms with Crippen molar-refractivity contribution in [3.05, 3.63) is 30.1 Å². The fourth-order valence-electron chi connectivity index (χ4n) is 2.42. The Bertz CT molecular complexity index is 488. The van der Waals surface area contributed by atoms with Crippen LogP contribution in [0.2, 0.25) is 0 Å². The first kappa shape index (κ1) is 9.81. The first-order chi connectivity index (χ1) is 7.86. The van der Waals surface area contributed by atoms with Crippen LogP contribution < -0.4 is 5.32 Å². The Hall–Kier alpha value is -1.39. The summed E-state index contributed by atoms with van der Waals surface area (Å²) in [6.07, 6.45) is 5.35. The largest absolute Gasteiger partial charge is 0.387 e. The van der Waals surface area contributed by atoms with E-state index in [1.165, 1.54) is 0 Å². The number of nitrogens with zero attached hydrogens (tertiary/aromatic N) is 1. The van der Waals surface area contributed by atoms with E-state index in [0.717, 1.165) is 36.0 Å². The summed E-state index contributed by atoms with van der Waals surface area (Å²) in [4.78, 5) is 7.32. The molecule has 0 aromatic carbocycles. The van der Waals surface area contributed by atoms with E-state index in [-0.39, 0.29) is 6.04 Å². The monoisotopic (exact) mass is 217 g/mol. The molecule has 0 spiro atoms. The van der Waals surface area contributed by atoms with Crippen molar-refractivity contribution >= 4 is 11.0 Å². The normalized spacial score (nSPS) is 22.7. The molecule has 16 heavy (non-hydrogen) atoms. The Morgan fingerprint density at radius 1 is 1.50 bits per heavy atom. The number of aromatic amines is 1. The number of hydrogen-bond acceptors (Lipinski definition) is 3. The van der Waals surface area contributed by atoms with Gasteiger partial charge in [-0.1, -0.05) is 0 Å². The zero-order valence-electron chi connectivity index (χ0n) is 8.98. The van der Waals surface area contributed by atoms with Gasteiger partial charge >= 0.3 is 0 Å². The zero-order chi connectivity index (χ0) is 11.0.